The van der Waals surface area contributed by atoms with Gasteiger partial charge in [0.1, 0.15) is 48.3 Å². The zero-order valence-electron chi connectivity index (χ0n) is 50.0. The van der Waals surface area contributed by atoms with Crippen LogP contribution in [0.3, 0.4) is 0 Å². The van der Waals surface area contributed by atoms with Gasteiger partial charge in [-0.1, -0.05) is 48.5 Å². The van der Waals surface area contributed by atoms with E-state index in [0.29, 0.717) is 25.7 Å². The van der Waals surface area contributed by atoms with E-state index in [1.807, 2.05) is 27.7 Å². The van der Waals surface area contributed by atoms with Gasteiger partial charge in [-0.05, 0) is 121 Å². The number of hydrogen-bond donors (Lipinski definition) is 22. The summed E-state index contributed by atoms with van der Waals surface area (Å²) in [6, 6.07) is -10.0. The van der Waals surface area contributed by atoms with Crippen molar-refractivity contribution >= 4 is 77.0 Å². The Kier molecular flexibility index (Phi) is 37.4. The van der Waals surface area contributed by atoms with Crippen molar-refractivity contribution in [3.05, 3.63) is 0 Å². The first kappa shape index (κ1) is 75.3. The Hall–Kier alpha value is -7.73. The lowest BCUT2D eigenvalue weighted by molar-refractivity contribution is -0.136. The number of nitrogens with one attached hydrogen (secondary N) is 16. The first-order valence-corrected chi connectivity index (χ1v) is 28.6. The fourth-order valence-corrected chi connectivity index (χ4v) is 8.51. The van der Waals surface area contributed by atoms with E-state index in [9.17, 15) is 43.2 Å². The van der Waals surface area contributed by atoms with Crippen molar-refractivity contribution in [3.8, 4) is 0 Å². The van der Waals surface area contributed by atoms with Crippen LogP contribution in [0.2, 0.25) is 0 Å². The van der Waals surface area contributed by atoms with E-state index < -0.39 is 102 Å². The van der Waals surface area contributed by atoms with Gasteiger partial charge in [-0.3, -0.25) is 64.8 Å². The number of primary amides is 1. The van der Waals surface area contributed by atoms with Crippen molar-refractivity contribution in [2.24, 2.45) is 58.1 Å². The van der Waals surface area contributed by atoms with Crippen molar-refractivity contribution in [1.29, 1.82) is 21.6 Å². The monoisotopic (exact) mass is 1180 g/mol. The summed E-state index contributed by atoms with van der Waals surface area (Å²) in [5.41, 5.74) is 33.2. The fourth-order valence-electron chi connectivity index (χ4n) is 8.51. The highest BCUT2D eigenvalue weighted by Crippen LogP contribution is 2.14. The molecule has 31 heteroatoms. The quantitative estimate of drug-likeness (QED) is 0.0159. The van der Waals surface area contributed by atoms with Crippen LogP contribution in [0.25, 0.3) is 0 Å². The third-order valence-corrected chi connectivity index (χ3v) is 12.8. The Labute approximate surface area is 488 Å². The minimum atomic E-state index is -1.43. The summed E-state index contributed by atoms with van der Waals surface area (Å²) in [6.45, 7) is 15.1. The molecule has 0 fully saturated rings. The maximum absolute atomic E-state index is 14.6. The van der Waals surface area contributed by atoms with Crippen LogP contribution in [-0.2, 0) is 43.2 Å². The number of hydrogen-bond acceptors (Lipinski definition) is 14. The molecule has 0 aliphatic rings. The van der Waals surface area contributed by atoms with Crippen LogP contribution < -0.4 is 98.2 Å². The Morgan fingerprint density at radius 1 is 0.325 bits per heavy atom. The van der Waals surface area contributed by atoms with Crippen molar-refractivity contribution < 1.29 is 43.2 Å². The van der Waals surface area contributed by atoms with Crippen LogP contribution in [-0.4, -0.2) is 158 Å². The van der Waals surface area contributed by atoms with Crippen molar-refractivity contribution in [2.45, 2.75) is 194 Å². The van der Waals surface area contributed by atoms with Crippen LogP contribution in [0.1, 0.15) is 145 Å². The normalized spacial score (nSPS) is 14.3. The van der Waals surface area contributed by atoms with Gasteiger partial charge in [-0.25, -0.2) is 0 Å². The van der Waals surface area contributed by atoms with Crippen LogP contribution in [0.5, 0.6) is 0 Å². The second-order valence-corrected chi connectivity index (χ2v) is 22.1. The maximum Gasteiger partial charge on any atom is 0.243 e. The van der Waals surface area contributed by atoms with E-state index in [0.717, 1.165) is 0 Å². The van der Waals surface area contributed by atoms with E-state index in [4.69, 9.17) is 56.0 Å². The van der Waals surface area contributed by atoms with Crippen molar-refractivity contribution in [3.63, 3.8) is 0 Å². The van der Waals surface area contributed by atoms with Crippen LogP contribution in [0.15, 0.2) is 0 Å². The van der Waals surface area contributed by atoms with Gasteiger partial charge in [0, 0.05) is 32.1 Å². The van der Waals surface area contributed by atoms with Gasteiger partial charge in [-0.15, -0.1) is 0 Å². The van der Waals surface area contributed by atoms with Crippen molar-refractivity contribution in [2.75, 3.05) is 32.7 Å². The van der Waals surface area contributed by atoms with Gasteiger partial charge in [0.15, 0.2) is 23.8 Å². The van der Waals surface area contributed by atoms with Gasteiger partial charge in [0.2, 0.25) is 53.2 Å². The molecule has 0 aromatic rings. The lowest BCUT2D eigenvalue weighted by atomic mass is 9.97. The molecule has 0 saturated heterocycles. The zero-order valence-corrected chi connectivity index (χ0v) is 50.0. The second kappa shape index (κ2) is 41.3. The molecule has 0 aromatic heterocycles. The predicted molar refractivity (Wildman–Crippen MR) is 317 cm³/mol. The van der Waals surface area contributed by atoms with Gasteiger partial charge in [0.25, 0.3) is 0 Å². The molecule has 0 heterocycles. The summed E-state index contributed by atoms with van der Waals surface area (Å²) in [5.74, 6) is -8.49. The number of carbonyl (C=O) groups is 9. The highest BCUT2D eigenvalue weighted by molar-refractivity contribution is 5.98. The molecule has 0 radical (unpaired) electrons. The minimum absolute atomic E-state index is 0.0641. The molecule has 83 heavy (non-hydrogen) atoms. The molecule has 0 aliphatic heterocycles. The van der Waals surface area contributed by atoms with E-state index in [2.05, 4.69) is 63.8 Å². The largest absolute Gasteiger partial charge is 0.370 e. The van der Waals surface area contributed by atoms with E-state index in [-0.39, 0.29) is 144 Å². The SMILES string of the molecule is CC(C)C[C@H](NC(=O)[C@H](CC(C)C)NC(=O)[C@H](CCCNC(=N)N)NC(=O)[C@H](CCCNC(=N)N)NC(=O)[C@H](CCCNC(=N)N)NC(=O)[C@H](CCCCN)NC(=O)[C@H](CCCNC(=N)N)NC(=O)[C@@H](C)CC(C)C)C(=O)N[C@@H](C)C(N)=O. The molecular weight excluding hydrogens is 1080 g/mol. The predicted octanol–water partition coefficient (Wildman–Crippen LogP) is -3.67. The topological polar surface area (TPSA) is 550 Å². The number of nitrogens with two attached hydrogens (primary N) is 6. The highest BCUT2D eigenvalue weighted by Gasteiger charge is 2.35. The molecule has 9 amide bonds. The molecule has 31 nitrogen and oxygen atoms in total. The Bertz CT molecular complexity index is 2130. The lowest BCUT2D eigenvalue weighted by Crippen LogP contribution is -2.60. The van der Waals surface area contributed by atoms with Crippen LogP contribution in [0, 0.1) is 45.3 Å². The fraction of sp³-hybridized carbons (Fsp3) is 0.750. The van der Waals surface area contributed by atoms with Crippen molar-refractivity contribution in [1.82, 2.24) is 63.8 Å². The number of unbranched alkanes of at least 4 members (excludes halogenated alkanes) is 1. The third kappa shape index (κ3) is 35.0. The summed E-state index contributed by atoms with van der Waals surface area (Å²) in [7, 11) is 0. The summed E-state index contributed by atoms with van der Waals surface area (Å²) < 4.78 is 0. The lowest BCUT2D eigenvalue weighted by Gasteiger charge is -2.29. The van der Waals surface area contributed by atoms with Crippen LogP contribution >= 0.6 is 0 Å². The number of rotatable bonds is 43. The Morgan fingerprint density at radius 2 is 0.566 bits per heavy atom. The molecule has 0 saturated carbocycles. The van der Waals surface area contributed by atoms with E-state index >= 15 is 0 Å². The standard InChI is InChI=1S/C52H102N22O9/c1-28(2)25-31(7)41(76)68-34(16-11-21-63-49(55)56)43(78)69-33(15-9-10-20-53)42(77)70-35(17-12-22-64-50(57)58)44(79)71-36(18-13-23-65-51(59)60)45(80)72-37(19-14-24-66-52(61)62)46(81)73-39(27-30(5)6)48(83)74-38(26-29(3)4)47(82)67-32(8)40(54)75/h28-39H,9-27,53H2,1-8H3,(H2,54,75)(H,67,82)(H,68,76)(H,69,78)(H,70,77)(H,71,79)(H,72,80)(H,73,81)(H,74,83)(H4,55,56,63)(H4,57,58,64)(H4,59,60,65)(H4,61,62,66)/t31-,32-,33-,34-,35-,36-,37-,38-,39-/m0/s1. The second-order valence-electron chi connectivity index (χ2n) is 22.1. The van der Waals surface area contributed by atoms with Gasteiger partial charge < -0.3 is 98.2 Å². The summed E-state index contributed by atoms with van der Waals surface area (Å²) in [6.07, 6.45) is 2.24. The van der Waals surface area contributed by atoms with Gasteiger partial charge in [-0.2, -0.15) is 0 Å². The molecule has 28 N–H and O–H groups in total. The summed E-state index contributed by atoms with van der Waals surface area (Å²) >= 11 is 0. The zero-order chi connectivity index (χ0) is 63.4. The first-order valence-electron chi connectivity index (χ1n) is 28.6. The number of carbonyl (C=O) groups excluding carboxylic acids is 9. The number of guanidine groups is 4. The number of amides is 9. The maximum atomic E-state index is 14.6. The minimum Gasteiger partial charge on any atom is -0.370 e. The molecule has 9 atom stereocenters. The average Bonchev–Trinajstić information content (AvgIpc) is 3.38. The molecule has 0 unspecified atom stereocenters. The Balaban J connectivity index is 7.29. The smallest absolute Gasteiger partial charge is 0.243 e. The average molecular weight is 1180 g/mol. The van der Waals surface area contributed by atoms with E-state index in [1.165, 1.54) is 6.92 Å². The van der Waals surface area contributed by atoms with E-state index in [1.54, 1.807) is 20.8 Å². The molecule has 0 aromatic carbocycles. The first-order chi connectivity index (χ1) is 38.9. The third-order valence-electron chi connectivity index (χ3n) is 12.8. The van der Waals surface area contributed by atoms with Gasteiger partial charge in [0.05, 0.1) is 0 Å². The Morgan fingerprint density at radius 3 is 0.819 bits per heavy atom. The summed E-state index contributed by atoms with van der Waals surface area (Å²) in [4.78, 5) is 125. The molecule has 0 bridgehead atoms. The molecule has 474 valence electrons. The molecule has 0 spiro atoms. The molecular formula is C52H102N22O9. The van der Waals surface area contributed by atoms with Crippen LogP contribution in [0.4, 0.5) is 0 Å². The highest BCUT2D eigenvalue weighted by atomic mass is 16.2. The summed E-state index contributed by atoms with van der Waals surface area (Å²) in [5, 5.41) is 62.6. The molecule has 0 rings (SSSR count). The molecule has 0 aliphatic carbocycles. The van der Waals surface area contributed by atoms with Gasteiger partial charge >= 0.3 is 0 Å².